The van der Waals surface area contributed by atoms with Crippen molar-refractivity contribution in [1.82, 2.24) is 4.90 Å². The maximum absolute atomic E-state index is 12.5. The molecule has 4 unspecified atom stereocenters. The summed E-state index contributed by atoms with van der Waals surface area (Å²) in [6.07, 6.45) is 4.62. The van der Waals surface area contributed by atoms with E-state index in [9.17, 15) is 4.79 Å². The summed E-state index contributed by atoms with van der Waals surface area (Å²) in [4.78, 5) is 14.7. The molecule has 1 saturated carbocycles. The SMILES string of the molecule is CC1CCC(C(C)C)C(OC(=O)[C@@H]2CN2CCc2ccccc2)C1. The lowest BCUT2D eigenvalue weighted by atomic mass is 9.75. The van der Waals surface area contributed by atoms with E-state index < -0.39 is 0 Å². The Labute approximate surface area is 146 Å². The van der Waals surface area contributed by atoms with E-state index in [1.807, 2.05) is 6.07 Å². The largest absolute Gasteiger partial charge is 0.461 e. The number of ether oxygens (including phenoxy) is 1. The van der Waals surface area contributed by atoms with E-state index in [2.05, 4.69) is 49.9 Å². The number of hydrogen-bond acceptors (Lipinski definition) is 3. The fourth-order valence-corrected chi connectivity index (χ4v) is 4.04. The Kier molecular flexibility index (Phi) is 5.60. The van der Waals surface area contributed by atoms with Gasteiger partial charge in [-0.15, -0.1) is 0 Å². The quantitative estimate of drug-likeness (QED) is 0.585. The van der Waals surface area contributed by atoms with Crippen molar-refractivity contribution in [2.75, 3.05) is 13.1 Å². The number of nitrogens with zero attached hydrogens (tertiary/aromatic N) is 1. The van der Waals surface area contributed by atoms with Crippen LogP contribution in [0.1, 0.15) is 45.6 Å². The van der Waals surface area contributed by atoms with Crippen LogP contribution in [0, 0.1) is 17.8 Å². The van der Waals surface area contributed by atoms with Crippen LogP contribution >= 0.6 is 0 Å². The molecule has 3 heteroatoms. The van der Waals surface area contributed by atoms with Crippen LogP contribution < -0.4 is 0 Å². The zero-order valence-corrected chi connectivity index (χ0v) is 15.3. The van der Waals surface area contributed by atoms with Gasteiger partial charge in [-0.05, 0) is 42.6 Å². The summed E-state index contributed by atoms with van der Waals surface area (Å²) >= 11 is 0. The van der Waals surface area contributed by atoms with Crippen LogP contribution in [-0.4, -0.2) is 36.1 Å². The van der Waals surface area contributed by atoms with E-state index in [1.165, 1.54) is 18.4 Å². The van der Waals surface area contributed by atoms with Gasteiger partial charge in [-0.3, -0.25) is 9.69 Å². The van der Waals surface area contributed by atoms with Gasteiger partial charge in [0.15, 0.2) is 0 Å². The van der Waals surface area contributed by atoms with Crippen LogP contribution in [-0.2, 0) is 16.0 Å². The molecule has 0 aromatic heterocycles. The Bertz CT molecular complexity index is 542. The van der Waals surface area contributed by atoms with Crippen molar-refractivity contribution >= 4 is 5.97 Å². The van der Waals surface area contributed by atoms with E-state index in [0.717, 1.165) is 25.9 Å². The summed E-state index contributed by atoms with van der Waals surface area (Å²) in [5.41, 5.74) is 1.33. The normalized spacial score (nSPS) is 32.6. The molecule has 1 aromatic rings. The zero-order valence-electron chi connectivity index (χ0n) is 15.3. The molecule has 2 fully saturated rings. The lowest BCUT2D eigenvalue weighted by Crippen LogP contribution is -2.37. The minimum atomic E-state index is -0.00115. The molecular formula is C21H31NO2. The molecule has 24 heavy (non-hydrogen) atoms. The van der Waals surface area contributed by atoms with Gasteiger partial charge in [-0.1, -0.05) is 57.5 Å². The standard InChI is InChI=1S/C21H31NO2/c1-15(2)18-10-9-16(3)13-20(18)24-21(23)19-14-22(19)12-11-17-7-5-4-6-8-17/h4-8,15-16,18-20H,9-14H2,1-3H3/t16?,18?,19-,20?,22?/m0/s1. The second-order valence-electron chi connectivity index (χ2n) is 8.05. The van der Waals surface area contributed by atoms with Crippen molar-refractivity contribution in [2.24, 2.45) is 17.8 Å². The lowest BCUT2D eigenvalue weighted by molar-refractivity contribution is -0.156. The first-order valence-corrected chi connectivity index (χ1v) is 9.53. The van der Waals surface area contributed by atoms with Crippen molar-refractivity contribution < 1.29 is 9.53 Å². The van der Waals surface area contributed by atoms with Crippen molar-refractivity contribution in [3.8, 4) is 0 Å². The van der Waals surface area contributed by atoms with E-state index in [4.69, 9.17) is 4.74 Å². The first kappa shape index (κ1) is 17.5. The zero-order chi connectivity index (χ0) is 17.1. The minimum absolute atomic E-state index is 0.00115. The molecule has 0 radical (unpaired) electrons. The van der Waals surface area contributed by atoms with Crippen LogP contribution in [0.15, 0.2) is 30.3 Å². The highest BCUT2D eigenvalue weighted by Gasteiger charge is 2.43. The number of benzene rings is 1. The van der Waals surface area contributed by atoms with Crippen molar-refractivity contribution in [2.45, 2.75) is 58.6 Å². The molecule has 0 amide bonds. The van der Waals surface area contributed by atoms with Gasteiger partial charge in [-0.25, -0.2) is 0 Å². The van der Waals surface area contributed by atoms with E-state index >= 15 is 0 Å². The molecule has 0 N–H and O–H groups in total. The molecule has 1 saturated heterocycles. The van der Waals surface area contributed by atoms with Crippen LogP contribution in [0.3, 0.4) is 0 Å². The topological polar surface area (TPSA) is 29.3 Å². The molecule has 3 rings (SSSR count). The molecule has 1 heterocycles. The highest BCUT2D eigenvalue weighted by molar-refractivity contribution is 5.79. The van der Waals surface area contributed by atoms with Crippen LogP contribution in [0.2, 0.25) is 0 Å². The highest BCUT2D eigenvalue weighted by Crippen LogP contribution is 2.36. The fourth-order valence-electron chi connectivity index (χ4n) is 4.04. The summed E-state index contributed by atoms with van der Waals surface area (Å²) in [6, 6.07) is 10.5. The summed E-state index contributed by atoms with van der Waals surface area (Å²) in [5, 5.41) is 0. The van der Waals surface area contributed by atoms with Gasteiger partial charge in [-0.2, -0.15) is 0 Å². The van der Waals surface area contributed by atoms with Crippen LogP contribution in [0.4, 0.5) is 0 Å². The van der Waals surface area contributed by atoms with Gasteiger partial charge in [0.05, 0.1) is 0 Å². The Hall–Kier alpha value is -1.35. The molecule has 2 aliphatic rings. The van der Waals surface area contributed by atoms with Crippen molar-refractivity contribution in [1.29, 1.82) is 0 Å². The fraction of sp³-hybridized carbons (Fsp3) is 0.667. The first-order chi connectivity index (χ1) is 11.5. The van der Waals surface area contributed by atoms with Gasteiger partial charge in [0.2, 0.25) is 0 Å². The molecule has 0 bridgehead atoms. The predicted octanol–water partition coefficient (Wildman–Crippen LogP) is 3.92. The van der Waals surface area contributed by atoms with E-state index in [1.54, 1.807) is 0 Å². The molecule has 5 atom stereocenters. The molecule has 3 nitrogen and oxygen atoms in total. The highest BCUT2D eigenvalue weighted by atomic mass is 16.5. The summed E-state index contributed by atoms with van der Waals surface area (Å²) in [7, 11) is 0. The molecule has 132 valence electrons. The van der Waals surface area contributed by atoms with Crippen molar-refractivity contribution in [3.05, 3.63) is 35.9 Å². The minimum Gasteiger partial charge on any atom is -0.461 e. The van der Waals surface area contributed by atoms with Gasteiger partial charge in [0, 0.05) is 13.1 Å². The number of rotatable bonds is 6. The molecule has 1 aromatic carbocycles. The van der Waals surface area contributed by atoms with Crippen LogP contribution in [0.25, 0.3) is 0 Å². The summed E-state index contributed by atoms with van der Waals surface area (Å²) in [5.74, 6) is 1.80. The van der Waals surface area contributed by atoms with Crippen molar-refractivity contribution in [3.63, 3.8) is 0 Å². The third-order valence-corrected chi connectivity index (χ3v) is 5.75. The number of carbonyl (C=O) groups excluding carboxylic acids is 1. The Morgan fingerprint density at radius 3 is 2.71 bits per heavy atom. The van der Waals surface area contributed by atoms with Crippen LogP contribution in [0.5, 0.6) is 0 Å². The summed E-state index contributed by atoms with van der Waals surface area (Å²) in [6.45, 7) is 8.59. The predicted molar refractivity (Wildman–Crippen MR) is 96.7 cm³/mol. The first-order valence-electron chi connectivity index (χ1n) is 9.53. The average Bonchev–Trinajstić information content (AvgIpc) is 3.33. The van der Waals surface area contributed by atoms with E-state index in [-0.39, 0.29) is 18.1 Å². The van der Waals surface area contributed by atoms with E-state index in [0.29, 0.717) is 17.8 Å². The number of carbonyl (C=O) groups is 1. The maximum Gasteiger partial charge on any atom is 0.324 e. The molecule has 0 spiro atoms. The molecule has 1 aliphatic carbocycles. The maximum atomic E-state index is 12.5. The monoisotopic (exact) mass is 329 g/mol. The Morgan fingerprint density at radius 2 is 2.00 bits per heavy atom. The van der Waals surface area contributed by atoms with Gasteiger partial charge in [0.25, 0.3) is 0 Å². The lowest BCUT2D eigenvalue weighted by Gasteiger charge is -2.36. The molecular weight excluding hydrogens is 298 g/mol. The van der Waals surface area contributed by atoms with Gasteiger partial charge >= 0.3 is 5.97 Å². The second kappa shape index (κ2) is 7.69. The second-order valence-corrected chi connectivity index (χ2v) is 8.05. The third-order valence-electron chi connectivity index (χ3n) is 5.75. The smallest absolute Gasteiger partial charge is 0.324 e. The summed E-state index contributed by atoms with van der Waals surface area (Å²) < 4.78 is 5.96. The number of hydrogen-bond donors (Lipinski definition) is 0. The Balaban J connectivity index is 1.47. The van der Waals surface area contributed by atoms with Gasteiger partial charge in [0.1, 0.15) is 12.1 Å². The third kappa shape index (κ3) is 4.38. The average molecular weight is 329 g/mol. The number of esters is 1. The van der Waals surface area contributed by atoms with Gasteiger partial charge < -0.3 is 4.74 Å². The Morgan fingerprint density at radius 1 is 1.25 bits per heavy atom. The molecule has 1 aliphatic heterocycles.